The molecule has 0 saturated carbocycles. The summed E-state index contributed by atoms with van der Waals surface area (Å²) in [5.41, 5.74) is 1.29. The molecule has 8 heteroatoms. The zero-order valence-corrected chi connectivity index (χ0v) is 16.1. The van der Waals surface area contributed by atoms with Gasteiger partial charge in [0.25, 0.3) is 5.91 Å². The number of nitrogens with one attached hydrogen (secondary N) is 2. The second-order valence-electron chi connectivity index (χ2n) is 6.44. The average molecular weight is 375 g/mol. The molecule has 0 radical (unpaired) electrons. The first-order chi connectivity index (χ1) is 12.7. The summed E-state index contributed by atoms with van der Waals surface area (Å²) in [5, 5.41) is 12.5. The number of aromatic nitrogens is 2. The zero-order valence-electron chi connectivity index (χ0n) is 15.3. The van der Waals surface area contributed by atoms with E-state index in [4.69, 9.17) is 0 Å². The maximum Gasteiger partial charge on any atom is 0.261 e. The first-order valence-electron chi connectivity index (χ1n) is 8.93. The van der Waals surface area contributed by atoms with Crippen LogP contribution in [0.1, 0.15) is 34.0 Å². The Kier molecular flexibility index (Phi) is 6.27. The van der Waals surface area contributed by atoms with Crippen LogP contribution in [-0.2, 0) is 7.05 Å². The number of nitrogens with zero attached hydrogens (tertiary/aromatic N) is 4. The van der Waals surface area contributed by atoms with Crippen LogP contribution in [0.4, 0.5) is 0 Å². The molecule has 1 unspecified atom stereocenters. The number of thiophene rings is 1. The predicted octanol–water partition coefficient (Wildman–Crippen LogP) is 1.67. The molecule has 0 aliphatic carbocycles. The number of carbonyl (C=O) groups excluding carboxylic acids is 1. The maximum atomic E-state index is 11.9. The summed E-state index contributed by atoms with van der Waals surface area (Å²) in [4.78, 5) is 19.3. The molecule has 140 valence electrons. The fraction of sp³-hybridized carbons (Fsp3) is 0.500. The Morgan fingerprint density at radius 3 is 2.96 bits per heavy atom. The Morgan fingerprint density at radius 2 is 2.27 bits per heavy atom. The van der Waals surface area contributed by atoms with Crippen molar-refractivity contribution in [1.82, 2.24) is 25.3 Å². The van der Waals surface area contributed by atoms with Crippen LogP contribution in [-0.4, -0.2) is 59.8 Å². The molecular formula is C18H26N6OS. The molecule has 0 spiro atoms. The Balaban J connectivity index is 1.38. The SMILES string of the molecule is CN=C(NCCCNC(=O)c1cccs1)N1CCC(c2cnn(C)c2)C1. The van der Waals surface area contributed by atoms with Crippen LogP contribution in [0.15, 0.2) is 34.9 Å². The summed E-state index contributed by atoms with van der Waals surface area (Å²) in [6.45, 7) is 3.39. The van der Waals surface area contributed by atoms with Gasteiger partial charge in [-0.25, -0.2) is 0 Å². The minimum absolute atomic E-state index is 0.00300. The van der Waals surface area contributed by atoms with E-state index in [2.05, 4.69) is 31.8 Å². The van der Waals surface area contributed by atoms with Crippen molar-refractivity contribution in [3.05, 3.63) is 40.3 Å². The van der Waals surface area contributed by atoms with Crippen LogP contribution in [0.2, 0.25) is 0 Å². The van der Waals surface area contributed by atoms with Crippen molar-refractivity contribution in [2.75, 3.05) is 33.2 Å². The van der Waals surface area contributed by atoms with Gasteiger partial charge in [-0.15, -0.1) is 11.3 Å². The maximum absolute atomic E-state index is 11.9. The lowest BCUT2D eigenvalue weighted by Crippen LogP contribution is -2.41. The molecular weight excluding hydrogens is 348 g/mol. The molecule has 2 N–H and O–H groups in total. The first kappa shape index (κ1) is 18.4. The van der Waals surface area contributed by atoms with Gasteiger partial charge in [0.05, 0.1) is 11.1 Å². The fourth-order valence-corrected chi connectivity index (χ4v) is 3.83. The largest absolute Gasteiger partial charge is 0.356 e. The third kappa shape index (κ3) is 4.63. The Hall–Kier alpha value is -2.35. The standard InChI is InChI=1S/C18H26N6OS/c1-19-18(21-8-4-7-20-17(25)16-5-3-10-26-16)24-9-6-14(13-24)15-11-22-23(2)12-15/h3,5,10-12,14H,4,6-9,13H2,1-2H3,(H,19,21)(H,20,25). The third-order valence-corrected chi connectivity index (χ3v) is 5.43. The van der Waals surface area contributed by atoms with E-state index in [0.717, 1.165) is 43.3 Å². The van der Waals surface area contributed by atoms with Gasteiger partial charge in [-0.3, -0.25) is 14.5 Å². The summed E-state index contributed by atoms with van der Waals surface area (Å²) in [5.74, 6) is 1.44. The first-order valence-corrected chi connectivity index (χ1v) is 9.81. The van der Waals surface area contributed by atoms with E-state index in [1.807, 2.05) is 42.5 Å². The molecule has 1 aliphatic heterocycles. The number of carbonyl (C=O) groups is 1. The molecule has 7 nitrogen and oxygen atoms in total. The van der Waals surface area contributed by atoms with E-state index in [1.54, 1.807) is 0 Å². The summed E-state index contributed by atoms with van der Waals surface area (Å²) in [6.07, 6.45) is 6.03. The quantitative estimate of drug-likeness (QED) is 0.458. The number of hydrogen-bond donors (Lipinski definition) is 2. The Labute approximate surface area is 158 Å². The predicted molar refractivity (Wildman–Crippen MR) is 105 cm³/mol. The number of amides is 1. The van der Waals surface area contributed by atoms with Gasteiger partial charge in [-0.1, -0.05) is 6.07 Å². The summed E-state index contributed by atoms with van der Waals surface area (Å²) in [6, 6.07) is 3.73. The van der Waals surface area contributed by atoms with Gasteiger partial charge in [0.1, 0.15) is 0 Å². The van der Waals surface area contributed by atoms with Gasteiger partial charge < -0.3 is 15.5 Å². The number of rotatable bonds is 6. The summed E-state index contributed by atoms with van der Waals surface area (Å²) >= 11 is 1.46. The number of aryl methyl sites for hydroxylation is 1. The van der Waals surface area contributed by atoms with Crippen molar-refractivity contribution < 1.29 is 4.79 Å². The normalized spacial score (nSPS) is 17.5. The lowest BCUT2D eigenvalue weighted by atomic mass is 10.0. The van der Waals surface area contributed by atoms with Gasteiger partial charge >= 0.3 is 0 Å². The molecule has 3 rings (SSSR count). The molecule has 1 atom stereocenters. The molecule has 1 saturated heterocycles. The van der Waals surface area contributed by atoms with Gasteiger partial charge in [0.15, 0.2) is 5.96 Å². The number of likely N-dealkylation sites (tertiary alicyclic amines) is 1. The molecule has 0 aromatic carbocycles. The lowest BCUT2D eigenvalue weighted by Gasteiger charge is -2.21. The fourth-order valence-electron chi connectivity index (χ4n) is 3.19. The highest BCUT2D eigenvalue weighted by atomic mass is 32.1. The van der Waals surface area contributed by atoms with Crippen molar-refractivity contribution in [2.24, 2.45) is 12.0 Å². The topological polar surface area (TPSA) is 74.6 Å². The highest BCUT2D eigenvalue weighted by Crippen LogP contribution is 2.26. The van der Waals surface area contributed by atoms with Crippen molar-refractivity contribution in [2.45, 2.75) is 18.8 Å². The number of hydrogen-bond acceptors (Lipinski definition) is 4. The second kappa shape index (κ2) is 8.84. The van der Waals surface area contributed by atoms with Gasteiger partial charge in [0, 0.05) is 52.4 Å². The van der Waals surface area contributed by atoms with E-state index >= 15 is 0 Å². The van der Waals surface area contributed by atoms with Crippen LogP contribution in [0.25, 0.3) is 0 Å². The van der Waals surface area contributed by atoms with E-state index in [0.29, 0.717) is 12.5 Å². The zero-order chi connectivity index (χ0) is 18.4. The molecule has 3 heterocycles. The third-order valence-electron chi connectivity index (χ3n) is 4.56. The van der Waals surface area contributed by atoms with Crippen molar-refractivity contribution in [3.8, 4) is 0 Å². The molecule has 2 aromatic heterocycles. The van der Waals surface area contributed by atoms with Crippen LogP contribution in [0.5, 0.6) is 0 Å². The highest BCUT2D eigenvalue weighted by Gasteiger charge is 2.26. The lowest BCUT2D eigenvalue weighted by molar-refractivity contribution is 0.0957. The van der Waals surface area contributed by atoms with Crippen LogP contribution in [0, 0.1) is 0 Å². The van der Waals surface area contributed by atoms with Crippen LogP contribution in [0.3, 0.4) is 0 Å². The molecule has 1 amide bonds. The van der Waals surface area contributed by atoms with E-state index in [-0.39, 0.29) is 5.91 Å². The van der Waals surface area contributed by atoms with Gasteiger partial charge in [-0.05, 0) is 29.9 Å². The van der Waals surface area contributed by atoms with Crippen molar-refractivity contribution in [3.63, 3.8) is 0 Å². The monoisotopic (exact) mass is 374 g/mol. The van der Waals surface area contributed by atoms with Gasteiger partial charge in [-0.2, -0.15) is 5.10 Å². The van der Waals surface area contributed by atoms with E-state index < -0.39 is 0 Å². The van der Waals surface area contributed by atoms with Crippen LogP contribution < -0.4 is 10.6 Å². The summed E-state index contributed by atoms with van der Waals surface area (Å²) < 4.78 is 1.86. The number of guanidine groups is 1. The summed E-state index contributed by atoms with van der Waals surface area (Å²) in [7, 11) is 3.77. The van der Waals surface area contributed by atoms with E-state index in [9.17, 15) is 4.79 Å². The van der Waals surface area contributed by atoms with Gasteiger partial charge in [0.2, 0.25) is 0 Å². The van der Waals surface area contributed by atoms with E-state index in [1.165, 1.54) is 16.9 Å². The molecule has 2 aromatic rings. The molecule has 1 aliphatic rings. The Bertz CT molecular complexity index is 739. The average Bonchev–Trinajstić information content (AvgIpc) is 3.38. The molecule has 26 heavy (non-hydrogen) atoms. The van der Waals surface area contributed by atoms with Crippen molar-refractivity contribution in [1.29, 1.82) is 0 Å². The minimum Gasteiger partial charge on any atom is -0.356 e. The second-order valence-corrected chi connectivity index (χ2v) is 7.39. The number of aliphatic imine (C=N–C) groups is 1. The highest BCUT2D eigenvalue weighted by molar-refractivity contribution is 7.12. The minimum atomic E-state index is 0.00300. The Morgan fingerprint density at radius 1 is 1.42 bits per heavy atom. The smallest absolute Gasteiger partial charge is 0.261 e. The molecule has 1 fully saturated rings. The van der Waals surface area contributed by atoms with Crippen LogP contribution >= 0.6 is 11.3 Å². The molecule has 0 bridgehead atoms. The van der Waals surface area contributed by atoms with Crippen molar-refractivity contribution >= 4 is 23.2 Å².